The van der Waals surface area contributed by atoms with E-state index in [4.69, 9.17) is 0 Å². The van der Waals surface area contributed by atoms with Gasteiger partial charge in [-0.25, -0.2) is 0 Å². The van der Waals surface area contributed by atoms with Gasteiger partial charge in [-0.3, -0.25) is 9.58 Å². The number of aryl methyl sites for hydroxylation is 2. The van der Waals surface area contributed by atoms with Crippen LogP contribution in [-0.4, -0.2) is 34.3 Å². The van der Waals surface area contributed by atoms with Crippen molar-refractivity contribution in [1.29, 1.82) is 0 Å². The van der Waals surface area contributed by atoms with Crippen LogP contribution in [0.5, 0.6) is 0 Å². The standard InChI is InChI=1S/C13H24N4/c1-5-11-7-6-8-17(11)9-12-10(2)15-16(4)13(12)14-3/h11,14H,5-9H2,1-4H3. The van der Waals surface area contributed by atoms with Crippen LogP contribution in [0.3, 0.4) is 0 Å². The van der Waals surface area contributed by atoms with Crippen LogP contribution < -0.4 is 5.32 Å². The number of anilines is 1. The lowest BCUT2D eigenvalue weighted by molar-refractivity contribution is 0.240. The van der Waals surface area contributed by atoms with E-state index in [0.717, 1.165) is 24.1 Å². The zero-order chi connectivity index (χ0) is 12.4. The van der Waals surface area contributed by atoms with Gasteiger partial charge in [0.05, 0.1) is 5.69 Å². The van der Waals surface area contributed by atoms with Crippen molar-refractivity contribution in [3.05, 3.63) is 11.3 Å². The quantitative estimate of drug-likeness (QED) is 0.869. The van der Waals surface area contributed by atoms with Gasteiger partial charge in [0.15, 0.2) is 0 Å². The van der Waals surface area contributed by atoms with Gasteiger partial charge in [0.1, 0.15) is 5.82 Å². The summed E-state index contributed by atoms with van der Waals surface area (Å²) in [6.45, 7) is 6.66. The maximum Gasteiger partial charge on any atom is 0.128 e. The molecule has 0 aromatic carbocycles. The highest BCUT2D eigenvalue weighted by Gasteiger charge is 2.25. The van der Waals surface area contributed by atoms with Crippen molar-refractivity contribution >= 4 is 5.82 Å². The van der Waals surface area contributed by atoms with Crippen molar-refractivity contribution in [2.45, 2.75) is 45.7 Å². The number of hydrogen-bond acceptors (Lipinski definition) is 3. The zero-order valence-electron chi connectivity index (χ0n) is 11.5. The summed E-state index contributed by atoms with van der Waals surface area (Å²) in [5.41, 5.74) is 2.51. The van der Waals surface area contributed by atoms with Crippen molar-refractivity contribution in [1.82, 2.24) is 14.7 Å². The smallest absolute Gasteiger partial charge is 0.128 e. The summed E-state index contributed by atoms with van der Waals surface area (Å²) < 4.78 is 1.95. The average molecular weight is 236 g/mol. The number of aromatic nitrogens is 2. The first kappa shape index (κ1) is 12.4. The Hall–Kier alpha value is -1.03. The SMILES string of the molecule is CCC1CCCN1Cc1c(C)nn(C)c1NC. The Bertz CT molecular complexity index is 383. The average Bonchev–Trinajstić information content (AvgIpc) is 2.85. The second kappa shape index (κ2) is 5.08. The summed E-state index contributed by atoms with van der Waals surface area (Å²) in [6, 6.07) is 0.763. The molecule has 96 valence electrons. The number of hydrogen-bond donors (Lipinski definition) is 1. The predicted octanol–water partition coefficient (Wildman–Crippen LogP) is 2.14. The molecular weight excluding hydrogens is 212 g/mol. The summed E-state index contributed by atoms with van der Waals surface area (Å²) in [6.07, 6.45) is 3.95. The van der Waals surface area contributed by atoms with Gasteiger partial charge in [-0.1, -0.05) is 6.92 Å². The van der Waals surface area contributed by atoms with Crippen LogP contribution in [0.2, 0.25) is 0 Å². The Labute approximate surface area is 104 Å². The second-order valence-electron chi connectivity index (χ2n) is 4.96. The molecule has 4 nitrogen and oxygen atoms in total. The lowest BCUT2D eigenvalue weighted by atomic mass is 10.1. The maximum atomic E-state index is 4.50. The van der Waals surface area contributed by atoms with Crippen LogP contribution in [0.4, 0.5) is 5.82 Å². The van der Waals surface area contributed by atoms with Crippen molar-refractivity contribution in [3.63, 3.8) is 0 Å². The molecule has 1 unspecified atom stereocenters. The van der Waals surface area contributed by atoms with Crippen LogP contribution in [0.15, 0.2) is 0 Å². The molecule has 0 bridgehead atoms. The van der Waals surface area contributed by atoms with E-state index in [2.05, 4.69) is 29.2 Å². The second-order valence-corrected chi connectivity index (χ2v) is 4.96. The number of nitrogens with one attached hydrogen (secondary N) is 1. The predicted molar refractivity (Wildman–Crippen MR) is 71.2 cm³/mol. The van der Waals surface area contributed by atoms with Crippen molar-refractivity contribution < 1.29 is 0 Å². The van der Waals surface area contributed by atoms with Gasteiger partial charge in [0, 0.05) is 32.2 Å². The highest BCUT2D eigenvalue weighted by molar-refractivity contribution is 5.46. The molecule has 0 aliphatic carbocycles. The minimum Gasteiger partial charge on any atom is -0.373 e. The summed E-state index contributed by atoms with van der Waals surface area (Å²) in [7, 11) is 3.98. The van der Waals surface area contributed by atoms with Gasteiger partial charge in [0.2, 0.25) is 0 Å². The van der Waals surface area contributed by atoms with Crippen molar-refractivity contribution in [2.24, 2.45) is 7.05 Å². The molecule has 0 spiro atoms. The van der Waals surface area contributed by atoms with Gasteiger partial charge in [0.25, 0.3) is 0 Å². The summed E-state index contributed by atoms with van der Waals surface area (Å²) >= 11 is 0. The lowest BCUT2D eigenvalue weighted by Crippen LogP contribution is -2.28. The number of rotatable bonds is 4. The topological polar surface area (TPSA) is 33.1 Å². The minimum absolute atomic E-state index is 0.763. The van der Waals surface area contributed by atoms with E-state index >= 15 is 0 Å². The molecule has 1 aliphatic rings. The molecule has 1 aromatic heterocycles. The molecule has 0 radical (unpaired) electrons. The Morgan fingerprint density at radius 1 is 1.47 bits per heavy atom. The molecule has 17 heavy (non-hydrogen) atoms. The van der Waals surface area contributed by atoms with Crippen molar-refractivity contribution in [2.75, 3.05) is 18.9 Å². The molecule has 0 amide bonds. The molecule has 1 aromatic rings. The number of nitrogens with zero attached hydrogens (tertiary/aromatic N) is 3. The molecule has 1 saturated heterocycles. The van der Waals surface area contributed by atoms with Crippen LogP contribution in [0.25, 0.3) is 0 Å². The van der Waals surface area contributed by atoms with E-state index in [1.165, 1.54) is 31.4 Å². The Balaban J connectivity index is 2.17. The first-order valence-corrected chi connectivity index (χ1v) is 6.61. The Morgan fingerprint density at radius 3 is 2.88 bits per heavy atom. The van der Waals surface area contributed by atoms with Gasteiger partial charge < -0.3 is 5.32 Å². The van der Waals surface area contributed by atoms with Crippen molar-refractivity contribution in [3.8, 4) is 0 Å². The first-order chi connectivity index (χ1) is 8.17. The van der Waals surface area contributed by atoms with E-state index in [0.29, 0.717) is 0 Å². The van der Waals surface area contributed by atoms with Crippen LogP contribution in [0.1, 0.15) is 37.4 Å². The summed E-state index contributed by atoms with van der Waals surface area (Å²) in [5, 5.41) is 7.77. The highest BCUT2D eigenvalue weighted by atomic mass is 15.3. The third-order valence-corrected chi connectivity index (χ3v) is 3.91. The normalized spacial score (nSPS) is 21.1. The van der Waals surface area contributed by atoms with Gasteiger partial charge in [-0.15, -0.1) is 0 Å². The van der Waals surface area contributed by atoms with Crippen LogP contribution >= 0.6 is 0 Å². The van der Waals surface area contributed by atoms with Gasteiger partial charge >= 0.3 is 0 Å². The molecule has 1 aliphatic heterocycles. The third-order valence-electron chi connectivity index (χ3n) is 3.91. The van der Waals surface area contributed by atoms with E-state index in [1.54, 1.807) is 0 Å². The molecule has 0 saturated carbocycles. The highest BCUT2D eigenvalue weighted by Crippen LogP contribution is 2.26. The maximum absolute atomic E-state index is 4.50. The molecule has 1 N–H and O–H groups in total. The molecule has 1 atom stereocenters. The van der Waals surface area contributed by atoms with E-state index in [-0.39, 0.29) is 0 Å². The first-order valence-electron chi connectivity index (χ1n) is 6.61. The van der Waals surface area contributed by atoms with E-state index in [1.807, 2.05) is 18.8 Å². The molecule has 2 rings (SSSR count). The van der Waals surface area contributed by atoms with E-state index in [9.17, 15) is 0 Å². The Kier molecular flexibility index (Phi) is 3.72. The third kappa shape index (κ3) is 2.32. The molecule has 1 fully saturated rings. The fraction of sp³-hybridized carbons (Fsp3) is 0.769. The Morgan fingerprint density at radius 2 is 2.24 bits per heavy atom. The fourth-order valence-corrected chi connectivity index (χ4v) is 2.97. The monoisotopic (exact) mass is 236 g/mol. The van der Waals surface area contributed by atoms with Crippen LogP contribution in [0, 0.1) is 6.92 Å². The fourth-order valence-electron chi connectivity index (χ4n) is 2.97. The van der Waals surface area contributed by atoms with Gasteiger partial charge in [-0.05, 0) is 32.7 Å². The number of likely N-dealkylation sites (tertiary alicyclic amines) is 1. The van der Waals surface area contributed by atoms with E-state index < -0.39 is 0 Å². The largest absolute Gasteiger partial charge is 0.373 e. The summed E-state index contributed by atoms with van der Waals surface area (Å²) in [5.74, 6) is 1.16. The summed E-state index contributed by atoms with van der Waals surface area (Å²) in [4.78, 5) is 2.60. The molecule has 4 heteroatoms. The minimum atomic E-state index is 0.763. The molecule has 2 heterocycles. The zero-order valence-corrected chi connectivity index (χ0v) is 11.5. The lowest BCUT2D eigenvalue weighted by Gasteiger charge is -2.23. The van der Waals surface area contributed by atoms with Gasteiger partial charge in [-0.2, -0.15) is 5.10 Å². The van der Waals surface area contributed by atoms with Crippen LogP contribution in [-0.2, 0) is 13.6 Å². The molecular formula is C13H24N4.